The first-order chi connectivity index (χ1) is 7.68. The molecule has 0 atom stereocenters. The summed E-state index contributed by atoms with van der Waals surface area (Å²) < 4.78 is 24.2. The summed E-state index contributed by atoms with van der Waals surface area (Å²) in [4.78, 5) is 0. The molecule has 0 aromatic carbocycles. The second-order valence-electron chi connectivity index (χ2n) is 7.00. The van der Waals surface area contributed by atoms with E-state index in [1.165, 1.54) is 0 Å². The lowest BCUT2D eigenvalue weighted by atomic mass is 11.8. The smallest absolute Gasteiger partial charge is 0.417 e. The summed E-state index contributed by atoms with van der Waals surface area (Å²) in [5, 5.41) is 0. The molecule has 0 amide bonds. The Balaban J connectivity index is 5.04. The fourth-order valence-corrected chi connectivity index (χ4v) is 16.1. The van der Waals surface area contributed by atoms with E-state index in [4.69, 9.17) is 16.8 Å². The minimum Gasteiger partial charge on any atom is -0.417 e. The van der Waals surface area contributed by atoms with E-state index in [9.17, 15) is 0 Å². The Morgan fingerprint density at radius 1 is 0.556 bits per heavy atom. The predicted molar refractivity (Wildman–Crippen MR) is 86.1 cm³/mol. The molecule has 0 N–H and O–H groups in total. The second kappa shape index (κ2) is 6.00. The molecule has 0 aliphatic rings. The highest BCUT2D eigenvalue weighted by Crippen LogP contribution is 2.25. The van der Waals surface area contributed by atoms with Crippen LogP contribution in [0, 0.1) is 0 Å². The lowest BCUT2D eigenvalue weighted by molar-refractivity contribution is 0.215. The van der Waals surface area contributed by atoms with E-state index in [-0.39, 0.29) is 0 Å². The summed E-state index contributed by atoms with van der Waals surface area (Å²) in [5.74, 6) is 0. The van der Waals surface area contributed by atoms with Crippen LogP contribution < -0.4 is 0 Å². The van der Waals surface area contributed by atoms with Crippen LogP contribution in [0.4, 0.5) is 0 Å². The van der Waals surface area contributed by atoms with Gasteiger partial charge in [0.15, 0.2) is 16.6 Å². The number of hydrogen-bond donors (Lipinski definition) is 0. The zero-order chi connectivity index (χ0) is 14.8. The lowest BCUT2D eigenvalue weighted by Crippen LogP contribution is -2.59. The van der Waals surface area contributed by atoms with E-state index in [1.54, 1.807) is 7.11 Å². The summed E-state index contributed by atoms with van der Waals surface area (Å²) in [7, 11) is -6.48. The maximum Gasteiger partial charge on any atom is 0.467 e. The fourth-order valence-electron chi connectivity index (χ4n) is 1.66. The van der Waals surface area contributed by atoms with Crippen molar-refractivity contribution in [2.75, 3.05) is 7.11 Å². The molecule has 0 saturated heterocycles. The summed E-state index contributed by atoms with van der Waals surface area (Å²) in [6, 6.07) is 0. The molecule has 0 bridgehead atoms. The summed E-state index contributed by atoms with van der Waals surface area (Å²) in [6.45, 7) is 19.0. The third-order valence-corrected chi connectivity index (χ3v) is 14.2. The molecule has 4 nitrogen and oxygen atoms in total. The van der Waals surface area contributed by atoms with Crippen LogP contribution in [-0.4, -0.2) is 41.1 Å². The quantitative estimate of drug-likeness (QED) is 0.670. The Hall–Kier alpha value is 0.708. The monoisotopic (exact) mass is 326 g/mol. The van der Waals surface area contributed by atoms with Gasteiger partial charge >= 0.3 is 17.4 Å². The molecule has 0 heterocycles. The van der Waals surface area contributed by atoms with E-state index in [0.29, 0.717) is 0 Å². The summed E-state index contributed by atoms with van der Waals surface area (Å²) >= 11 is 0. The van der Waals surface area contributed by atoms with Crippen LogP contribution in [0.1, 0.15) is 0 Å². The molecule has 0 saturated carbocycles. The molecule has 0 unspecified atom stereocenters. The van der Waals surface area contributed by atoms with E-state index < -0.39 is 34.0 Å². The number of hydrogen-bond acceptors (Lipinski definition) is 4. The largest absolute Gasteiger partial charge is 0.467 e. The molecule has 0 spiro atoms. The Labute approximate surface area is 117 Å². The third kappa shape index (κ3) is 8.75. The highest BCUT2D eigenvalue weighted by Gasteiger charge is 2.47. The average Bonchev–Trinajstić information content (AvgIpc) is 1.93. The average molecular weight is 327 g/mol. The van der Waals surface area contributed by atoms with Crippen molar-refractivity contribution in [2.24, 2.45) is 0 Å². The maximum atomic E-state index is 6.26. The Morgan fingerprint density at radius 2 is 0.889 bits per heavy atom. The molecule has 0 rings (SSSR count). The zero-order valence-corrected chi connectivity index (χ0v) is 17.6. The van der Waals surface area contributed by atoms with Crippen LogP contribution in [-0.2, 0) is 16.8 Å². The topological polar surface area (TPSA) is 36.9 Å². The van der Waals surface area contributed by atoms with E-state index in [1.807, 2.05) is 19.6 Å². The molecule has 0 aliphatic heterocycles. The number of rotatable bonds is 7. The summed E-state index contributed by atoms with van der Waals surface area (Å²) in [6.07, 6.45) is 0. The van der Waals surface area contributed by atoms with Crippen LogP contribution >= 0.6 is 0 Å². The van der Waals surface area contributed by atoms with Gasteiger partial charge in [0.05, 0.1) is 0 Å². The lowest BCUT2D eigenvalue weighted by Gasteiger charge is -2.40. The molecule has 8 heteroatoms. The van der Waals surface area contributed by atoms with Crippen molar-refractivity contribution in [3.63, 3.8) is 0 Å². The van der Waals surface area contributed by atoms with Crippen LogP contribution in [0.15, 0.2) is 0 Å². The van der Waals surface area contributed by atoms with E-state index >= 15 is 0 Å². The molecule has 110 valence electrons. The molecule has 0 fully saturated rings. The minimum absolute atomic E-state index is 1.70. The van der Waals surface area contributed by atoms with Gasteiger partial charge in [0.25, 0.3) is 0 Å². The SMILES string of the molecule is CO[Si](C)(C)O[Si](C)(O[Si](C)(C)C)O[Si](C)(C)C. The van der Waals surface area contributed by atoms with Gasteiger partial charge in [-0.1, -0.05) is 0 Å². The van der Waals surface area contributed by atoms with Crippen molar-refractivity contribution in [1.82, 2.24) is 0 Å². The molecule has 0 aromatic rings. The van der Waals surface area contributed by atoms with Gasteiger partial charge in [-0.25, -0.2) is 0 Å². The van der Waals surface area contributed by atoms with Gasteiger partial charge in [0, 0.05) is 13.7 Å². The van der Waals surface area contributed by atoms with Gasteiger partial charge in [0.2, 0.25) is 0 Å². The van der Waals surface area contributed by atoms with Crippen molar-refractivity contribution in [1.29, 1.82) is 0 Å². The molecule has 0 aromatic heterocycles. The Kier molecular flexibility index (Phi) is 6.23. The third-order valence-electron chi connectivity index (χ3n) is 1.91. The van der Waals surface area contributed by atoms with Crippen LogP contribution in [0.5, 0.6) is 0 Å². The first-order valence-electron chi connectivity index (χ1n) is 6.34. The molecule has 0 aliphatic carbocycles. The normalized spacial score (nSPS) is 15.0. The van der Waals surface area contributed by atoms with Gasteiger partial charge in [-0.15, -0.1) is 0 Å². The second-order valence-corrected chi connectivity index (χ2v) is 22.8. The van der Waals surface area contributed by atoms with Crippen molar-refractivity contribution < 1.29 is 16.8 Å². The Morgan fingerprint density at radius 3 is 1.11 bits per heavy atom. The van der Waals surface area contributed by atoms with Gasteiger partial charge in [-0.2, -0.15) is 0 Å². The van der Waals surface area contributed by atoms with Crippen molar-refractivity contribution in [3.8, 4) is 0 Å². The van der Waals surface area contributed by atoms with Gasteiger partial charge in [-0.3, -0.25) is 0 Å². The Bertz CT molecular complexity index is 254. The minimum atomic E-state index is -2.62. The van der Waals surface area contributed by atoms with E-state index in [0.717, 1.165) is 0 Å². The van der Waals surface area contributed by atoms with Crippen molar-refractivity contribution in [3.05, 3.63) is 0 Å². The van der Waals surface area contributed by atoms with Crippen LogP contribution in [0.3, 0.4) is 0 Å². The summed E-state index contributed by atoms with van der Waals surface area (Å²) in [5.41, 5.74) is 0. The fraction of sp³-hybridized carbons (Fsp3) is 1.00. The van der Waals surface area contributed by atoms with Crippen LogP contribution in [0.25, 0.3) is 0 Å². The highest BCUT2D eigenvalue weighted by atomic mass is 28.5. The first-order valence-corrected chi connectivity index (χ1v) is 18.2. The zero-order valence-electron chi connectivity index (χ0n) is 13.6. The van der Waals surface area contributed by atoms with Crippen molar-refractivity contribution >= 4 is 34.0 Å². The molecular weight excluding hydrogens is 296 g/mol. The first kappa shape index (κ1) is 18.7. The molecule has 0 radical (unpaired) electrons. The van der Waals surface area contributed by atoms with Gasteiger partial charge < -0.3 is 16.8 Å². The van der Waals surface area contributed by atoms with E-state index in [2.05, 4.69) is 39.3 Å². The predicted octanol–water partition coefficient (Wildman–Crippen LogP) is 3.62. The van der Waals surface area contributed by atoms with Gasteiger partial charge in [0.1, 0.15) is 0 Å². The van der Waals surface area contributed by atoms with Crippen LogP contribution in [0.2, 0.25) is 58.9 Å². The van der Waals surface area contributed by atoms with Gasteiger partial charge in [-0.05, 0) is 52.4 Å². The molecule has 18 heavy (non-hydrogen) atoms. The maximum absolute atomic E-state index is 6.26. The molecular formula is C10H30O4Si4. The van der Waals surface area contributed by atoms with Crippen molar-refractivity contribution in [2.45, 2.75) is 58.9 Å². The standard InChI is InChI=1S/C10H30O4Si4/c1-11-17(8,9)14-18(10,12-15(2,3)4)13-16(5,6)7/h1-10H3. The highest BCUT2D eigenvalue weighted by molar-refractivity contribution is 6.88.